The van der Waals surface area contributed by atoms with Gasteiger partial charge in [-0.1, -0.05) is 36.4 Å². The summed E-state index contributed by atoms with van der Waals surface area (Å²) in [6.07, 6.45) is 0.151. The van der Waals surface area contributed by atoms with E-state index in [9.17, 15) is 9.90 Å². The number of benzene rings is 2. The second-order valence-corrected chi connectivity index (χ2v) is 7.07. The molecule has 140 valence electrons. The van der Waals surface area contributed by atoms with Gasteiger partial charge in [-0.25, -0.2) is 4.98 Å². The van der Waals surface area contributed by atoms with Crippen LogP contribution in [0.4, 0.5) is 16.5 Å². The maximum atomic E-state index is 12.2. The number of amides is 1. The highest BCUT2D eigenvalue weighted by Gasteiger charge is 2.11. The molecule has 4 aromatic rings. The number of aromatic amines is 1. The van der Waals surface area contributed by atoms with Crippen molar-refractivity contribution in [3.8, 4) is 5.88 Å². The monoisotopic (exact) mass is 391 g/mol. The first-order valence-electron chi connectivity index (χ1n) is 8.61. The van der Waals surface area contributed by atoms with Crippen LogP contribution in [-0.4, -0.2) is 21.0 Å². The third-order valence-electron chi connectivity index (χ3n) is 4.20. The summed E-state index contributed by atoms with van der Waals surface area (Å²) < 4.78 is 0. The quantitative estimate of drug-likeness (QED) is 0.406. The molecule has 2 aromatic heterocycles. The fraction of sp³-hybridized carbons (Fsp3) is 0.100. The SMILES string of the molecule is Cc1ccccc1NC(=O)Cc1csc(N=Nc2c(O)[nH]c3ccccc23)n1. The number of rotatable bonds is 5. The third kappa shape index (κ3) is 3.77. The molecule has 0 aliphatic carbocycles. The summed E-state index contributed by atoms with van der Waals surface area (Å²) in [7, 11) is 0. The molecule has 2 aromatic carbocycles. The van der Waals surface area contributed by atoms with E-state index in [2.05, 4.69) is 25.5 Å². The standard InChI is InChI=1S/C20H17N5O2S/c1-12-6-2-4-8-15(12)22-17(26)10-13-11-28-20(21-13)25-24-18-14-7-3-5-9-16(14)23-19(18)27/h2-9,11,23,27H,10H2,1H3,(H,22,26). The van der Waals surface area contributed by atoms with Crippen molar-refractivity contribution in [1.29, 1.82) is 0 Å². The van der Waals surface area contributed by atoms with Gasteiger partial charge in [-0.2, -0.15) is 0 Å². The fourth-order valence-electron chi connectivity index (χ4n) is 2.80. The molecule has 4 rings (SSSR count). The predicted molar refractivity (Wildman–Crippen MR) is 110 cm³/mol. The maximum Gasteiger partial charge on any atom is 0.230 e. The minimum absolute atomic E-state index is 0.0423. The van der Waals surface area contributed by atoms with E-state index in [-0.39, 0.29) is 18.2 Å². The minimum atomic E-state index is -0.141. The summed E-state index contributed by atoms with van der Waals surface area (Å²) in [5.41, 5.74) is 3.55. The van der Waals surface area contributed by atoms with Crippen LogP contribution in [0.2, 0.25) is 0 Å². The van der Waals surface area contributed by atoms with E-state index < -0.39 is 0 Å². The number of carbonyl (C=O) groups excluding carboxylic acids is 1. The highest BCUT2D eigenvalue weighted by atomic mass is 32.1. The number of carbonyl (C=O) groups is 1. The smallest absolute Gasteiger partial charge is 0.230 e. The predicted octanol–water partition coefficient (Wildman–Crippen LogP) is 5.24. The van der Waals surface area contributed by atoms with Crippen molar-refractivity contribution in [3.63, 3.8) is 0 Å². The molecular formula is C20H17N5O2S. The first-order valence-corrected chi connectivity index (χ1v) is 9.49. The fourth-order valence-corrected chi connectivity index (χ4v) is 3.44. The first kappa shape index (κ1) is 17.9. The Morgan fingerprint density at radius 1 is 1.18 bits per heavy atom. The number of nitrogens with one attached hydrogen (secondary N) is 2. The molecule has 0 spiro atoms. The number of para-hydroxylation sites is 2. The van der Waals surface area contributed by atoms with E-state index in [1.54, 1.807) is 5.38 Å². The molecule has 8 heteroatoms. The molecule has 2 heterocycles. The van der Waals surface area contributed by atoms with Crippen LogP contribution in [0, 0.1) is 6.92 Å². The first-order chi connectivity index (χ1) is 13.6. The Labute approximate surface area is 164 Å². The van der Waals surface area contributed by atoms with Gasteiger partial charge in [0.25, 0.3) is 0 Å². The lowest BCUT2D eigenvalue weighted by atomic mass is 10.2. The molecule has 0 aliphatic heterocycles. The van der Waals surface area contributed by atoms with Crippen molar-refractivity contribution >= 4 is 44.7 Å². The second kappa shape index (κ2) is 7.61. The summed E-state index contributed by atoms with van der Waals surface area (Å²) in [5.74, 6) is -0.184. The van der Waals surface area contributed by atoms with Crippen LogP contribution in [0.3, 0.4) is 0 Å². The molecule has 28 heavy (non-hydrogen) atoms. The molecule has 0 saturated carbocycles. The number of aromatic nitrogens is 2. The van der Waals surface area contributed by atoms with E-state index in [1.807, 2.05) is 55.5 Å². The average Bonchev–Trinajstić information content (AvgIpc) is 3.25. The van der Waals surface area contributed by atoms with E-state index in [1.165, 1.54) is 11.3 Å². The van der Waals surface area contributed by atoms with Crippen LogP contribution in [0.25, 0.3) is 10.9 Å². The van der Waals surface area contributed by atoms with Crippen molar-refractivity contribution in [2.75, 3.05) is 5.32 Å². The number of aryl methyl sites for hydroxylation is 1. The normalized spacial score (nSPS) is 11.3. The highest BCUT2D eigenvalue weighted by molar-refractivity contribution is 7.13. The zero-order chi connectivity index (χ0) is 19.5. The average molecular weight is 391 g/mol. The number of hydrogen-bond acceptors (Lipinski definition) is 6. The zero-order valence-electron chi connectivity index (χ0n) is 15.0. The Hall–Kier alpha value is -3.52. The Balaban J connectivity index is 1.45. The van der Waals surface area contributed by atoms with Gasteiger partial charge in [0.1, 0.15) is 0 Å². The van der Waals surface area contributed by atoms with Crippen LogP contribution in [0.5, 0.6) is 5.88 Å². The summed E-state index contributed by atoms with van der Waals surface area (Å²) in [4.78, 5) is 19.4. The third-order valence-corrected chi connectivity index (χ3v) is 4.97. The summed E-state index contributed by atoms with van der Waals surface area (Å²) in [6, 6.07) is 15.0. The lowest BCUT2D eigenvalue weighted by molar-refractivity contribution is -0.115. The summed E-state index contributed by atoms with van der Waals surface area (Å²) in [5, 5.41) is 24.1. The lowest BCUT2D eigenvalue weighted by Crippen LogP contribution is -2.15. The Kier molecular flexibility index (Phi) is 4.86. The summed E-state index contributed by atoms with van der Waals surface area (Å²) >= 11 is 1.29. The van der Waals surface area contributed by atoms with Gasteiger partial charge in [0, 0.05) is 16.5 Å². The molecule has 1 amide bonds. The molecule has 3 N–H and O–H groups in total. The topological polar surface area (TPSA) is 103 Å². The van der Waals surface area contributed by atoms with Gasteiger partial charge in [0.2, 0.25) is 16.9 Å². The van der Waals surface area contributed by atoms with Crippen LogP contribution < -0.4 is 5.32 Å². The molecule has 7 nitrogen and oxygen atoms in total. The number of azo groups is 1. The molecular weight excluding hydrogens is 374 g/mol. The number of nitrogens with zero attached hydrogens (tertiary/aromatic N) is 3. The van der Waals surface area contributed by atoms with Crippen LogP contribution in [0.15, 0.2) is 64.1 Å². The molecule has 0 unspecified atom stereocenters. The van der Waals surface area contributed by atoms with Crippen molar-refractivity contribution in [3.05, 3.63) is 65.2 Å². The molecule has 0 radical (unpaired) electrons. The van der Waals surface area contributed by atoms with Crippen molar-refractivity contribution in [2.45, 2.75) is 13.3 Å². The Morgan fingerprint density at radius 3 is 2.82 bits per heavy atom. The van der Waals surface area contributed by atoms with Crippen LogP contribution >= 0.6 is 11.3 Å². The molecule has 0 aliphatic rings. The number of aromatic hydroxyl groups is 1. The van der Waals surface area contributed by atoms with E-state index in [0.717, 1.165) is 22.2 Å². The minimum Gasteiger partial charge on any atom is -0.493 e. The van der Waals surface area contributed by atoms with Crippen LogP contribution in [-0.2, 0) is 11.2 Å². The van der Waals surface area contributed by atoms with E-state index in [4.69, 9.17) is 0 Å². The Morgan fingerprint density at radius 2 is 1.96 bits per heavy atom. The van der Waals surface area contributed by atoms with Crippen molar-refractivity contribution in [2.24, 2.45) is 10.2 Å². The van der Waals surface area contributed by atoms with Gasteiger partial charge in [0.15, 0.2) is 5.69 Å². The van der Waals surface area contributed by atoms with Crippen molar-refractivity contribution in [1.82, 2.24) is 9.97 Å². The number of anilines is 1. The largest absolute Gasteiger partial charge is 0.493 e. The van der Waals surface area contributed by atoms with Gasteiger partial charge in [-0.05, 0) is 24.6 Å². The van der Waals surface area contributed by atoms with Crippen molar-refractivity contribution < 1.29 is 9.90 Å². The zero-order valence-corrected chi connectivity index (χ0v) is 15.8. The van der Waals surface area contributed by atoms with Gasteiger partial charge >= 0.3 is 0 Å². The second-order valence-electron chi connectivity index (χ2n) is 6.23. The number of fused-ring (bicyclic) bond motifs is 1. The highest BCUT2D eigenvalue weighted by Crippen LogP contribution is 2.36. The van der Waals surface area contributed by atoms with E-state index >= 15 is 0 Å². The molecule has 0 bridgehead atoms. The van der Waals surface area contributed by atoms with Gasteiger partial charge in [-0.3, -0.25) is 4.79 Å². The maximum absolute atomic E-state index is 12.2. The molecule has 0 atom stereocenters. The number of thiazole rings is 1. The summed E-state index contributed by atoms with van der Waals surface area (Å²) in [6.45, 7) is 1.94. The number of hydrogen-bond donors (Lipinski definition) is 3. The number of H-pyrrole nitrogens is 1. The van der Waals surface area contributed by atoms with Gasteiger partial charge in [0.05, 0.1) is 17.6 Å². The van der Waals surface area contributed by atoms with Crippen LogP contribution in [0.1, 0.15) is 11.3 Å². The van der Waals surface area contributed by atoms with Gasteiger partial charge < -0.3 is 15.4 Å². The van der Waals surface area contributed by atoms with Gasteiger partial charge in [-0.15, -0.1) is 21.6 Å². The Bertz CT molecular complexity index is 1180. The molecule has 0 fully saturated rings. The lowest BCUT2D eigenvalue weighted by Gasteiger charge is -2.06. The van der Waals surface area contributed by atoms with E-state index in [0.29, 0.717) is 16.5 Å². The molecule has 0 saturated heterocycles.